The molecule has 2 aromatic rings. The number of carbonyl (C=O) groups is 7. The lowest BCUT2D eigenvalue weighted by Gasteiger charge is -2.27. The Hall–Kier alpha value is -5.64. The molecular weight excluding hydrogens is 776 g/mol. The lowest BCUT2D eigenvalue weighted by Crippen LogP contribution is -2.61. The summed E-state index contributed by atoms with van der Waals surface area (Å²) in [6, 6.07) is 0.00379. The van der Waals surface area contributed by atoms with Crippen LogP contribution in [0.15, 0.2) is 42.9 Å². The van der Waals surface area contributed by atoms with Gasteiger partial charge in [0.15, 0.2) is 0 Å². The molecule has 1 aromatic carbocycles. The highest BCUT2D eigenvalue weighted by Gasteiger charge is 2.35. The van der Waals surface area contributed by atoms with Gasteiger partial charge >= 0.3 is 18.0 Å². The normalized spacial score (nSPS) is 15.1. The third kappa shape index (κ3) is 17.4. The summed E-state index contributed by atoms with van der Waals surface area (Å²) in [6.45, 7) is 9.00. The number of aromatic nitrogens is 2. The highest BCUT2D eigenvalue weighted by molar-refractivity contribution is 5.95. The zero-order chi connectivity index (χ0) is 44.7. The molecule has 5 amide bonds. The Morgan fingerprint density at radius 3 is 1.85 bits per heavy atom. The molecule has 0 unspecified atom stereocenters. The van der Waals surface area contributed by atoms with Gasteiger partial charge in [-0.25, -0.2) is 19.4 Å². The van der Waals surface area contributed by atoms with E-state index < -0.39 is 108 Å². The van der Waals surface area contributed by atoms with E-state index in [9.17, 15) is 48.9 Å². The molecule has 0 saturated carbocycles. The maximum atomic E-state index is 13.8. The summed E-state index contributed by atoms with van der Waals surface area (Å²) in [4.78, 5) is 95.5. The minimum atomic E-state index is -1.74. The molecule has 1 aromatic heterocycles. The van der Waals surface area contributed by atoms with E-state index >= 15 is 0 Å². The molecule has 0 radical (unpaired) electrons. The van der Waals surface area contributed by atoms with Crippen LogP contribution in [0.5, 0.6) is 0 Å². The van der Waals surface area contributed by atoms with Crippen LogP contribution in [0.4, 0.5) is 4.79 Å². The van der Waals surface area contributed by atoms with E-state index in [-0.39, 0.29) is 25.1 Å². The molecule has 21 nitrogen and oxygen atoms in total. The minimum absolute atomic E-state index is 0.0300. The number of nitrogens with two attached hydrogens (primary N) is 1. The van der Waals surface area contributed by atoms with Gasteiger partial charge in [0.1, 0.15) is 47.5 Å². The van der Waals surface area contributed by atoms with Gasteiger partial charge in [0.2, 0.25) is 23.6 Å². The summed E-state index contributed by atoms with van der Waals surface area (Å²) in [5.41, 5.74) is 4.57. The molecule has 328 valence electrons. The van der Waals surface area contributed by atoms with Gasteiger partial charge in [-0.1, -0.05) is 30.3 Å². The molecule has 1 heterocycles. The third-order valence-electron chi connectivity index (χ3n) is 8.01. The minimum Gasteiger partial charge on any atom is -0.467 e. The van der Waals surface area contributed by atoms with E-state index in [4.69, 9.17) is 19.9 Å². The van der Waals surface area contributed by atoms with Crippen molar-refractivity contribution in [2.45, 2.75) is 121 Å². The molecule has 0 aliphatic heterocycles. The van der Waals surface area contributed by atoms with Crippen molar-refractivity contribution in [2.24, 2.45) is 5.73 Å². The number of aliphatic hydroxyl groups is 3. The summed E-state index contributed by atoms with van der Waals surface area (Å²) in [6.07, 6.45) is -0.205. The van der Waals surface area contributed by atoms with E-state index in [0.717, 1.165) is 7.11 Å². The number of imidazole rings is 1. The number of aliphatic hydroxyl groups excluding tert-OH is 3. The zero-order valence-electron chi connectivity index (χ0n) is 34.5. The van der Waals surface area contributed by atoms with Crippen molar-refractivity contribution in [3.8, 4) is 0 Å². The van der Waals surface area contributed by atoms with Crippen molar-refractivity contribution in [3.05, 3.63) is 54.1 Å². The Morgan fingerprint density at radius 2 is 1.31 bits per heavy atom. The molecule has 0 bridgehead atoms. The van der Waals surface area contributed by atoms with Gasteiger partial charge in [-0.15, -0.1) is 0 Å². The van der Waals surface area contributed by atoms with Gasteiger partial charge in [-0.2, -0.15) is 0 Å². The smallest absolute Gasteiger partial charge is 0.408 e. The van der Waals surface area contributed by atoms with Gasteiger partial charge in [-0.3, -0.25) is 19.2 Å². The summed E-state index contributed by atoms with van der Waals surface area (Å²) in [5, 5.41) is 41.8. The van der Waals surface area contributed by atoms with Crippen LogP contribution in [0.1, 0.15) is 59.7 Å². The van der Waals surface area contributed by atoms with Crippen molar-refractivity contribution in [1.29, 1.82) is 0 Å². The van der Waals surface area contributed by atoms with Crippen molar-refractivity contribution < 1.29 is 63.1 Å². The number of hydrogen-bond acceptors (Lipinski definition) is 15. The molecule has 0 fully saturated rings. The summed E-state index contributed by atoms with van der Waals surface area (Å²) in [7, 11) is 1.13. The first-order chi connectivity index (χ1) is 27.5. The average Bonchev–Trinajstić information content (AvgIpc) is 3.59. The monoisotopic (exact) mass is 834 g/mol. The Labute approximate surface area is 342 Å². The maximum Gasteiger partial charge on any atom is 0.408 e. The Balaban J connectivity index is 2.31. The molecule has 0 saturated heterocycles. The molecule has 7 atom stereocenters. The second-order valence-electron chi connectivity index (χ2n) is 15.6. The number of methoxy groups -OCH3 is 1. The van der Waals surface area contributed by atoms with Crippen LogP contribution in [0.2, 0.25) is 0 Å². The fourth-order valence-electron chi connectivity index (χ4n) is 5.18. The molecule has 59 heavy (non-hydrogen) atoms. The number of nitrogens with one attached hydrogen (secondary N) is 5. The Kier molecular flexibility index (Phi) is 18.9. The number of alkyl carbamates (subject to hydrolysis) is 1. The summed E-state index contributed by atoms with van der Waals surface area (Å²) < 4.78 is 17.0. The molecular formula is C38H58N8O13. The van der Waals surface area contributed by atoms with E-state index in [1.54, 1.807) is 71.9 Å². The van der Waals surface area contributed by atoms with E-state index in [1.165, 1.54) is 24.0 Å². The number of nitrogens with zero attached hydrogens (tertiary/aromatic N) is 2. The highest BCUT2D eigenvalue weighted by Crippen LogP contribution is 2.12. The number of rotatable bonds is 20. The van der Waals surface area contributed by atoms with Gasteiger partial charge in [-0.05, 0) is 54.0 Å². The van der Waals surface area contributed by atoms with E-state index in [2.05, 4.69) is 31.6 Å². The fourth-order valence-corrected chi connectivity index (χ4v) is 5.18. The van der Waals surface area contributed by atoms with Gasteiger partial charge in [0.25, 0.3) is 0 Å². The predicted octanol–water partition coefficient (Wildman–Crippen LogP) is -2.29. The number of benzene rings is 1. The van der Waals surface area contributed by atoms with Crippen LogP contribution in [-0.4, -0.2) is 140 Å². The van der Waals surface area contributed by atoms with Gasteiger partial charge in [0.05, 0.1) is 45.0 Å². The predicted molar refractivity (Wildman–Crippen MR) is 209 cm³/mol. The number of amides is 5. The van der Waals surface area contributed by atoms with Crippen LogP contribution in [0.3, 0.4) is 0 Å². The van der Waals surface area contributed by atoms with Crippen molar-refractivity contribution in [2.75, 3.05) is 20.3 Å². The van der Waals surface area contributed by atoms with Gasteiger partial charge < -0.3 is 66.4 Å². The number of ether oxygens (including phenoxy) is 3. The van der Waals surface area contributed by atoms with Crippen molar-refractivity contribution >= 4 is 41.7 Å². The zero-order valence-corrected chi connectivity index (χ0v) is 34.5. The average molecular weight is 835 g/mol. The van der Waals surface area contributed by atoms with Crippen LogP contribution in [0, 0.1) is 0 Å². The number of carbonyl (C=O) groups excluding carboxylic acids is 7. The number of esters is 2. The number of hydrogen-bond donors (Lipinski definition) is 9. The first kappa shape index (κ1) is 49.5. The lowest BCUT2D eigenvalue weighted by atomic mass is 10.1. The summed E-state index contributed by atoms with van der Waals surface area (Å²) >= 11 is 0. The SMILES string of the molecule is COC(=O)[C@H](Cc1ccccc1)NC(=O)[C@H](CO)NC(=O)[C@@H](NC(=O)[C@H](Cc1cn(C[C@@H](NC(=O)[C@@H](N)CO)C(=O)OC(C)(C)C)cn1)NC(=O)OC(C)(C)C)[C@H](C)O. The highest BCUT2D eigenvalue weighted by atomic mass is 16.6. The first-order valence-corrected chi connectivity index (χ1v) is 18.7. The van der Waals surface area contributed by atoms with Crippen molar-refractivity contribution in [3.63, 3.8) is 0 Å². The fraction of sp³-hybridized carbons (Fsp3) is 0.579. The summed E-state index contributed by atoms with van der Waals surface area (Å²) in [5.74, 6) is -5.48. The Morgan fingerprint density at radius 1 is 0.729 bits per heavy atom. The van der Waals surface area contributed by atoms with Crippen LogP contribution in [0.25, 0.3) is 0 Å². The molecule has 0 aliphatic carbocycles. The quantitative estimate of drug-likeness (QED) is 0.0501. The van der Waals surface area contributed by atoms with Crippen LogP contribution in [-0.2, 0) is 62.4 Å². The second kappa shape index (κ2) is 22.5. The molecule has 0 spiro atoms. The van der Waals surface area contributed by atoms with Crippen molar-refractivity contribution in [1.82, 2.24) is 36.1 Å². The molecule has 21 heteroatoms. The standard InChI is InChI=1S/C38H58N8O13/c1-21(49)29(33(53)43-28(19-48)32(52)41-26(34(54)57-8)14-22-12-10-9-11-13-22)45-31(51)25(44-36(56)59-38(5,6)7)15-23-16-46(20-40-23)17-27(35(55)58-37(2,3)4)42-30(50)24(39)18-47/h9-13,16,20-21,24-29,47-49H,14-15,17-19,39H2,1-8H3,(H,41,52)(H,42,50)(H,43,53)(H,44,56)(H,45,51)/t21-,24-,25-,26-,27+,28-,29-/m0/s1. The van der Waals surface area contributed by atoms with Crippen LogP contribution < -0.4 is 32.3 Å². The molecule has 10 N–H and O–H groups in total. The van der Waals surface area contributed by atoms with E-state index in [0.29, 0.717) is 5.56 Å². The lowest BCUT2D eigenvalue weighted by molar-refractivity contribution is -0.159. The topological polar surface area (TPSA) is 312 Å². The van der Waals surface area contributed by atoms with Crippen LogP contribution >= 0.6 is 0 Å². The first-order valence-electron chi connectivity index (χ1n) is 18.7. The second-order valence-corrected chi connectivity index (χ2v) is 15.6. The maximum absolute atomic E-state index is 13.8. The molecule has 2 rings (SSSR count). The van der Waals surface area contributed by atoms with Gasteiger partial charge in [0, 0.05) is 19.0 Å². The third-order valence-corrected chi connectivity index (χ3v) is 8.01. The Bertz CT molecular complexity index is 1740. The van der Waals surface area contributed by atoms with E-state index in [1.807, 2.05) is 0 Å². The molecule has 0 aliphatic rings. The largest absolute Gasteiger partial charge is 0.467 e.